The van der Waals surface area contributed by atoms with Crippen molar-refractivity contribution in [3.63, 3.8) is 0 Å². The maximum Gasteiger partial charge on any atom is 0.333 e. The van der Waals surface area contributed by atoms with Gasteiger partial charge in [0.05, 0.1) is 12.6 Å². The van der Waals surface area contributed by atoms with Crippen LogP contribution in [0.15, 0.2) is 33.9 Å². The second kappa shape index (κ2) is 5.98. The Morgan fingerprint density at radius 2 is 1.71 bits per heavy atom. The summed E-state index contributed by atoms with van der Waals surface area (Å²) in [5.41, 5.74) is 1.93. The Kier molecular flexibility index (Phi) is 4.29. The Bertz CT molecular complexity index is 823. The van der Waals surface area contributed by atoms with Crippen LogP contribution in [0.25, 0.3) is 0 Å². The molecular weight excluding hydrogens is 290 g/mol. The van der Waals surface area contributed by atoms with E-state index in [1.54, 1.807) is 0 Å². The summed E-state index contributed by atoms with van der Waals surface area (Å²) in [6.07, 6.45) is 0. The lowest BCUT2D eigenvalue weighted by atomic mass is 10.1. The maximum atomic E-state index is 12.3. The molecule has 0 amide bonds. The van der Waals surface area contributed by atoms with E-state index in [0.717, 1.165) is 31.9 Å². The number of aryl methyl sites for hydroxylation is 2. The molecule has 1 heterocycles. The van der Waals surface area contributed by atoms with E-state index >= 15 is 0 Å². The molecule has 0 bridgehead atoms. The zero-order valence-electron chi connectivity index (χ0n) is 11.8. The van der Waals surface area contributed by atoms with Crippen LogP contribution in [0.3, 0.4) is 0 Å². The quantitative estimate of drug-likeness (QED) is 0.813. The first kappa shape index (κ1) is 15.1. The molecule has 2 aromatic rings. The number of hydrogen-bond acceptors (Lipinski definition) is 3. The summed E-state index contributed by atoms with van der Waals surface area (Å²) in [7, 11) is 0. The summed E-state index contributed by atoms with van der Waals surface area (Å²) < 4.78 is 2.16. The number of halogens is 1. The van der Waals surface area contributed by atoms with E-state index in [9.17, 15) is 9.59 Å². The normalized spacial score (nSPS) is 10.4. The molecule has 1 aromatic heterocycles. The summed E-state index contributed by atoms with van der Waals surface area (Å²) in [4.78, 5) is 24.2. The zero-order chi connectivity index (χ0) is 15.6. The minimum Gasteiger partial charge on any atom is -0.270 e. The van der Waals surface area contributed by atoms with Crippen LogP contribution in [0, 0.1) is 25.2 Å². The number of nitriles is 1. The van der Waals surface area contributed by atoms with Gasteiger partial charge in [-0.15, -0.1) is 0 Å². The summed E-state index contributed by atoms with van der Waals surface area (Å²) in [6, 6.07) is 8.87. The molecule has 0 saturated heterocycles. The summed E-state index contributed by atoms with van der Waals surface area (Å²) in [5.74, 6) is 0. The van der Waals surface area contributed by atoms with E-state index in [0.29, 0.717) is 0 Å². The highest BCUT2D eigenvalue weighted by Crippen LogP contribution is 2.09. The SMILES string of the molecule is Cc1cc(C)cc(Cn2c(=O)cc(Cl)n(CC#N)c2=O)c1. The van der Waals surface area contributed by atoms with E-state index in [-0.39, 0.29) is 18.2 Å². The number of hydrogen-bond donors (Lipinski definition) is 0. The first-order chi connectivity index (χ1) is 9.92. The highest BCUT2D eigenvalue weighted by atomic mass is 35.5. The highest BCUT2D eigenvalue weighted by Gasteiger charge is 2.10. The van der Waals surface area contributed by atoms with Crippen LogP contribution in [-0.4, -0.2) is 9.13 Å². The van der Waals surface area contributed by atoms with Crippen LogP contribution in [-0.2, 0) is 13.1 Å². The van der Waals surface area contributed by atoms with Crippen LogP contribution in [0.1, 0.15) is 16.7 Å². The fourth-order valence-corrected chi connectivity index (χ4v) is 2.52. The Labute approximate surface area is 126 Å². The average Bonchev–Trinajstić information content (AvgIpc) is 2.38. The van der Waals surface area contributed by atoms with Gasteiger partial charge in [-0.05, 0) is 19.4 Å². The van der Waals surface area contributed by atoms with Crippen molar-refractivity contribution < 1.29 is 0 Å². The van der Waals surface area contributed by atoms with E-state index in [4.69, 9.17) is 16.9 Å². The molecule has 0 aliphatic rings. The van der Waals surface area contributed by atoms with Crippen LogP contribution in [0.5, 0.6) is 0 Å². The lowest BCUT2D eigenvalue weighted by Crippen LogP contribution is -2.39. The number of aromatic nitrogens is 2. The van der Waals surface area contributed by atoms with Gasteiger partial charge in [-0.25, -0.2) is 4.79 Å². The van der Waals surface area contributed by atoms with Gasteiger partial charge in [-0.3, -0.25) is 13.9 Å². The Hall–Kier alpha value is -2.32. The molecule has 0 spiro atoms. The van der Waals surface area contributed by atoms with Crippen molar-refractivity contribution in [1.29, 1.82) is 5.26 Å². The molecule has 0 unspecified atom stereocenters. The van der Waals surface area contributed by atoms with Gasteiger partial charge < -0.3 is 0 Å². The fourth-order valence-electron chi connectivity index (χ4n) is 2.29. The summed E-state index contributed by atoms with van der Waals surface area (Å²) >= 11 is 5.84. The van der Waals surface area contributed by atoms with Crippen LogP contribution >= 0.6 is 11.6 Å². The fraction of sp³-hybridized carbons (Fsp3) is 0.267. The van der Waals surface area contributed by atoms with Crippen molar-refractivity contribution in [1.82, 2.24) is 9.13 Å². The third-order valence-corrected chi connectivity index (χ3v) is 3.39. The van der Waals surface area contributed by atoms with Crippen molar-refractivity contribution in [3.8, 4) is 6.07 Å². The molecule has 0 aliphatic carbocycles. The standard InChI is InChI=1S/C15H14ClN3O2/c1-10-5-11(2)7-12(6-10)9-19-14(20)8-13(16)18(4-3-17)15(19)21/h5-8H,4,9H2,1-2H3. The predicted octanol–water partition coefficient (Wildman–Crippen LogP) is 1.85. The van der Waals surface area contributed by atoms with Crippen LogP contribution in [0.2, 0.25) is 5.15 Å². The van der Waals surface area contributed by atoms with Gasteiger partial charge in [0.2, 0.25) is 0 Å². The first-order valence-electron chi connectivity index (χ1n) is 6.36. The number of benzene rings is 1. The second-order valence-electron chi connectivity index (χ2n) is 4.91. The summed E-state index contributed by atoms with van der Waals surface area (Å²) in [6.45, 7) is 3.87. The summed E-state index contributed by atoms with van der Waals surface area (Å²) in [5, 5.41) is 8.71. The van der Waals surface area contributed by atoms with E-state index < -0.39 is 11.2 Å². The monoisotopic (exact) mass is 303 g/mol. The molecule has 0 atom stereocenters. The molecule has 6 heteroatoms. The van der Waals surface area contributed by atoms with Gasteiger partial charge >= 0.3 is 5.69 Å². The van der Waals surface area contributed by atoms with Gasteiger partial charge in [-0.2, -0.15) is 5.26 Å². The minimum atomic E-state index is -0.576. The molecule has 108 valence electrons. The largest absolute Gasteiger partial charge is 0.333 e. The lowest BCUT2D eigenvalue weighted by molar-refractivity contribution is 0.621. The number of rotatable bonds is 3. The van der Waals surface area contributed by atoms with Crippen molar-refractivity contribution in [2.75, 3.05) is 0 Å². The van der Waals surface area contributed by atoms with Gasteiger partial charge in [-0.1, -0.05) is 40.9 Å². The van der Waals surface area contributed by atoms with Crippen molar-refractivity contribution in [2.24, 2.45) is 0 Å². The Morgan fingerprint density at radius 1 is 1.10 bits per heavy atom. The topological polar surface area (TPSA) is 67.8 Å². The second-order valence-corrected chi connectivity index (χ2v) is 5.30. The Morgan fingerprint density at radius 3 is 2.29 bits per heavy atom. The van der Waals surface area contributed by atoms with Gasteiger partial charge in [0, 0.05) is 6.07 Å². The molecule has 0 aliphatic heterocycles. The molecule has 21 heavy (non-hydrogen) atoms. The van der Waals surface area contributed by atoms with Crippen molar-refractivity contribution >= 4 is 11.6 Å². The predicted molar refractivity (Wildman–Crippen MR) is 80.6 cm³/mol. The molecule has 1 aromatic carbocycles. The van der Waals surface area contributed by atoms with Crippen molar-refractivity contribution in [2.45, 2.75) is 26.9 Å². The average molecular weight is 304 g/mol. The van der Waals surface area contributed by atoms with Crippen LogP contribution < -0.4 is 11.2 Å². The third-order valence-electron chi connectivity index (χ3n) is 3.08. The van der Waals surface area contributed by atoms with Crippen molar-refractivity contribution in [3.05, 3.63) is 66.9 Å². The molecule has 0 radical (unpaired) electrons. The van der Waals surface area contributed by atoms with E-state index in [2.05, 4.69) is 0 Å². The number of nitrogens with zero attached hydrogens (tertiary/aromatic N) is 3. The van der Waals surface area contributed by atoms with Gasteiger partial charge in [0.1, 0.15) is 11.7 Å². The van der Waals surface area contributed by atoms with Gasteiger partial charge in [0.15, 0.2) is 0 Å². The molecule has 0 fully saturated rings. The Balaban J connectivity index is 2.54. The highest BCUT2D eigenvalue weighted by molar-refractivity contribution is 6.29. The minimum absolute atomic E-state index is 0.0248. The lowest BCUT2D eigenvalue weighted by Gasteiger charge is -2.10. The third kappa shape index (κ3) is 3.23. The maximum absolute atomic E-state index is 12.3. The zero-order valence-corrected chi connectivity index (χ0v) is 12.5. The molecular formula is C15H14ClN3O2. The van der Waals surface area contributed by atoms with Crippen LogP contribution in [0.4, 0.5) is 0 Å². The smallest absolute Gasteiger partial charge is 0.270 e. The van der Waals surface area contributed by atoms with E-state index in [1.807, 2.05) is 38.1 Å². The molecule has 2 rings (SSSR count). The molecule has 0 N–H and O–H groups in total. The molecule has 5 nitrogen and oxygen atoms in total. The first-order valence-corrected chi connectivity index (χ1v) is 6.74. The van der Waals surface area contributed by atoms with Gasteiger partial charge in [0.25, 0.3) is 5.56 Å². The molecule has 0 saturated carbocycles. The van der Waals surface area contributed by atoms with E-state index in [1.165, 1.54) is 0 Å².